The molecular formula is C23H31N3O5. The van der Waals surface area contributed by atoms with Crippen LogP contribution in [-0.2, 0) is 9.53 Å². The number of carboxylic acids is 1. The third-order valence-corrected chi connectivity index (χ3v) is 5.92. The number of hydrogen-bond acceptors (Lipinski definition) is 5. The Labute approximate surface area is 182 Å². The van der Waals surface area contributed by atoms with E-state index >= 15 is 0 Å². The predicted molar refractivity (Wildman–Crippen MR) is 118 cm³/mol. The molecule has 0 radical (unpaired) electrons. The first-order chi connectivity index (χ1) is 15.0. The minimum Gasteiger partial charge on any atom is -0.497 e. The van der Waals surface area contributed by atoms with E-state index < -0.39 is 12.0 Å². The van der Waals surface area contributed by atoms with Gasteiger partial charge in [0, 0.05) is 24.2 Å². The lowest BCUT2D eigenvalue weighted by Crippen LogP contribution is -2.32. The van der Waals surface area contributed by atoms with E-state index in [-0.39, 0.29) is 18.4 Å². The highest BCUT2D eigenvalue weighted by Gasteiger charge is 2.41. The summed E-state index contributed by atoms with van der Waals surface area (Å²) >= 11 is 0. The number of allylic oxidation sites excluding steroid dienone is 2. The van der Waals surface area contributed by atoms with Crippen molar-refractivity contribution in [2.45, 2.75) is 44.6 Å². The molecule has 2 fully saturated rings. The fourth-order valence-corrected chi connectivity index (χ4v) is 4.33. The Kier molecular flexibility index (Phi) is 8.46. The quantitative estimate of drug-likeness (QED) is 0.225. The molecule has 1 heterocycles. The number of carboxylic acid groups (broad SMARTS) is 1. The number of anilines is 1. The molecule has 168 valence electrons. The van der Waals surface area contributed by atoms with Crippen LogP contribution in [0.3, 0.4) is 0 Å². The van der Waals surface area contributed by atoms with Crippen LogP contribution in [0.15, 0.2) is 41.5 Å². The number of nitrogens with one attached hydrogen (secondary N) is 2. The molecule has 1 aliphatic carbocycles. The van der Waals surface area contributed by atoms with E-state index in [4.69, 9.17) is 14.6 Å². The number of nitrogens with zero attached hydrogens (tertiary/aromatic N) is 1. The molecular weight excluding hydrogens is 398 g/mol. The topological polar surface area (TPSA) is 109 Å². The van der Waals surface area contributed by atoms with E-state index in [0.29, 0.717) is 23.9 Å². The first-order valence-electron chi connectivity index (χ1n) is 10.8. The molecule has 2 bridgehead atoms. The van der Waals surface area contributed by atoms with Gasteiger partial charge in [0.1, 0.15) is 5.75 Å². The van der Waals surface area contributed by atoms with Crippen molar-refractivity contribution < 1.29 is 24.2 Å². The highest BCUT2D eigenvalue weighted by molar-refractivity contribution is 5.89. The highest BCUT2D eigenvalue weighted by Crippen LogP contribution is 2.42. The molecule has 0 aromatic heterocycles. The Morgan fingerprint density at radius 2 is 2.06 bits per heavy atom. The molecule has 8 heteroatoms. The number of rotatable bonds is 10. The van der Waals surface area contributed by atoms with Crippen molar-refractivity contribution in [2.24, 2.45) is 22.9 Å². The fourth-order valence-electron chi connectivity index (χ4n) is 4.33. The van der Waals surface area contributed by atoms with Crippen LogP contribution in [0.4, 0.5) is 10.5 Å². The Bertz CT molecular complexity index is 793. The Morgan fingerprint density at radius 3 is 2.81 bits per heavy atom. The number of hydrogen-bond donors (Lipinski definition) is 3. The number of unbranched alkanes of at least 4 members (excludes halogenated alkanes) is 1. The monoisotopic (exact) mass is 429 g/mol. The van der Waals surface area contributed by atoms with Crippen molar-refractivity contribution in [3.05, 3.63) is 36.4 Å². The van der Waals surface area contributed by atoms with Crippen LogP contribution < -0.4 is 15.5 Å². The molecule has 31 heavy (non-hydrogen) atoms. The molecule has 2 aliphatic rings. The average molecular weight is 430 g/mol. The molecule has 0 unspecified atom stereocenters. The molecule has 1 saturated heterocycles. The molecule has 8 nitrogen and oxygen atoms in total. The smallest absolute Gasteiger partial charge is 0.339 e. The third kappa shape index (κ3) is 7.10. The van der Waals surface area contributed by atoms with Gasteiger partial charge < -0.3 is 19.9 Å². The maximum absolute atomic E-state index is 12.1. The molecule has 1 aliphatic heterocycles. The number of carbonyl (C=O) groups excluding carboxylic acids is 1. The van der Waals surface area contributed by atoms with Crippen LogP contribution >= 0.6 is 0 Å². The number of ether oxygens (including phenoxy) is 2. The number of fused-ring (bicyclic) bond motifs is 2. The normalized spacial score (nSPS) is 25.1. The first-order valence-corrected chi connectivity index (χ1v) is 10.8. The molecule has 2 amide bonds. The summed E-state index contributed by atoms with van der Waals surface area (Å²) in [6.07, 6.45) is 10.8. The van der Waals surface area contributed by atoms with Crippen LogP contribution in [0.5, 0.6) is 5.75 Å². The van der Waals surface area contributed by atoms with Gasteiger partial charge >= 0.3 is 12.0 Å². The van der Waals surface area contributed by atoms with Crippen molar-refractivity contribution in [2.75, 3.05) is 19.0 Å². The number of urea groups is 1. The molecule has 4 atom stereocenters. The SMILES string of the molecule is COc1ccc(NC(=O)N/N=C/[C@H]2C[C@H]3C[C@H](CO3)[C@@H]2C/C=C\CCCC(=O)O)cc1. The lowest BCUT2D eigenvalue weighted by molar-refractivity contribution is -0.137. The van der Waals surface area contributed by atoms with E-state index in [9.17, 15) is 9.59 Å². The number of hydrazone groups is 1. The number of benzene rings is 1. The number of amides is 2. The summed E-state index contributed by atoms with van der Waals surface area (Å²) in [4.78, 5) is 22.7. The van der Waals surface area contributed by atoms with Crippen molar-refractivity contribution in [3.63, 3.8) is 0 Å². The van der Waals surface area contributed by atoms with E-state index in [1.54, 1.807) is 31.4 Å². The van der Waals surface area contributed by atoms with Gasteiger partial charge in [-0.05, 0) is 68.2 Å². The van der Waals surface area contributed by atoms with Crippen LogP contribution in [0, 0.1) is 17.8 Å². The molecule has 3 N–H and O–H groups in total. The second-order valence-electron chi connectivity index (χ2n) is 8.08. The minimum atomic E-state index is -0.755. The third-order valence-electron chi connectivity index (χ3n) is 5.92. The number of carbonyl (C=O) groups is 2. The largest absolute Gasteiger partial charge is 0.497 e. The first kappa shape index (κ1) is 22.8. The van der Waals surface area contributed by atoms with Gasteiger partial charge in [0.15, 0.2) is 0 Å². The Balaban J connectivity index is 1.48. The summed E-state index contributed by atoms with van der Waals surface area (Å²) in [5, 5.41) is 15.6. The van der Waals surface area contributed by atoms with E-state index in [1.165, 1.54) is 0 Å². The molecule has 1 aromatic carbocycles. The highest BCUT2D eigenvalue weighted by atomic mass is 16.5. The van der Waals surface area contributed by atoms with Gasteiger partial charge in [-0.1, -0.05) is 12.2 Å². The van der Waals surface area contributed by atoms with Crippen molar-refractivity contribution in [1.29, 1.82) is 0 Å². The maximum Gasteiger partial charge on any atom is 0.339 e. The van der Waals surface area contributed by atoms with Gasteiger partial charge in [-0.25, -0.2) is 10.2 Å². The van der Waals surface area contributed by atoms with Gasteiger partial charge in [0.25, 0.3) is 0 Å². The lowest BCUT2D eigenvalue weighted by atomic mass is 9.71. The van der Waals surface area contributed by atoms with Gasteiger partial charge in [-0.3, -0.25) is 4.79 Å². The van der Waals surface area contributed by atoms with E-state index in [0.717, 1.165) is 38.0 Å². The summed E-state index contributed by atoms with van der Waals surface area (Å²) in [6.45, 7) is 0.776. The summed E-state index contributed by atoms with van der Waals surface area (Å²) in [5.74, 6) is 1.10. The summed E-state index contributed by atoms with van der Waals surface area (Å²) in [6, 6.07) is 6.67. The van der Waals surface area contributed by atoms with Gasteiger partial charge in [-0.2, -0.15) is 5.10 Å². The summed E-state index contributed by atoms with van der Waals surface area (Å²) in [5.41, 5.74) is 3.20. The molecule has 0 spiro atoms. The van der Waals surface area contributed by atoms with Crippen molar-refractivity contribution >= 4 is 23.9 Å². The van der Waals surface area contributed by atoms with Crippen molar-refractivity contribution in [1.82, 2.24) is 5.43 Å². The second-order valence-corrected chi connectivity index (χ2v) is 8.08. The number of methoxy groups -OCH3 is 1. The van der Waals surface area contributed by atoms with Crippen LogP contribution in [0.1, 0.15) is 38.5 Å². The van der Waals surface area contributed by atoms with Crippen LogP contribution in [0.25, 0.3) is 0 Å². The zero-order valence-corrected chi connectivity index (χ0v) is 17.8. The summed E-state index contributed by atoms with van der Waals surface area (Å²) < 4.78 is 11.0. The van der Waals surface area contributed by atoms with Crippen molar-refractivity contribution in [3.8, 4) is 5.75 Å². The predicted octanol–water partition coefficient (Wildman–Crippen LogP) is 4.04. The van der Waals surface area contributed by atoms with Crippen LogP contribution in [-0.4, -0.2) is 43.1 Å². The minimum absolute atomic E-state index is 0.200. The van der Waals surface area contributed by atoms with Gasteiger partial charge in [-0.15, -0.1) is 0 Å². The standard InChI is InChI=1S/C23H31N3O5/c1-30-19-10-8-18(9-11-19)25-23(29)26-24-14-16-12-20-13-17(15-31-20)21(16)6-4-2-3-5-7-22(27)28/h2,4,8-11,14,16-17,20-21H,3,5-7,12-13,15H2,1H3,(H,27,28)(H2,25,26,29)/b4-2-,24-14+/t16-,17-,20+,21-/m1/s1. The summed E-state index contributed by atoms with van der Waals surface area (Å²) in [7, 11) is 1.59. The van der Waals surface area contributed by atoms with Crippen LogP contribution in [0.2, 0.25) is 0 Å². The maximum atomic E-state index is 12.1. The zero-order chi connectivity index (χ0) is 22.1. The van der Waals surface area contributed by atoms with E-state index in [2.05, 4.69) is 28.0 Å². The lowest BCUT2D eigenvalue weighted by Gasteiger charge is -2.32. The van der Waals surface area contributed by atoms with Gasteiger partial charge in [0.05, 0.1) is 19.8 Å². The number of aliphatic carboxylic acids is 1. The van der Waals surface area contributed by atoms with Gasteiger partial charge in [0.2, 0.25) is 0 Å². The zero-order valence-electron chi connectivity index (χ0n) is 17.8. The second kappa shape index (κ2) is 11.5. The molecule has 1 aromatic rings. The van der Waals surface area contributed by atoms with E-state index in [1.807, 2.05) is 6.21 Å². The fraction of sp³-hybridized carbons (Fsp3) is 0.522. The average Bonchev–Trinajstić information content (AvgIpc) is 3.14. The molecule has 3 rings (SSSR count). The molecule has 1 saturated carbocycles. The Hall–Kier alpha value is -2.87. The Morgan fingerprint density at radius 1 is 1.26 bits per heavy atom.